The molecule has 0 N–H and O–H groups in total. The highest BCUT2D eigenvalue weighted by molar-refractivity contribution is 7.96. The second-order valence-electron chi connectivity index (χ2n) is 9.60. The van der Waals surface area contributed by atoms with Crippen LogP contribution in [0.25, 0.3) is 0 Å². The fraction of sp³-hybridized carbons (Fsp3) is 0.481. The van der Waals surface area contributed by atoms with Gasteiger partial charge in [-0.25, -0.2) is 18.0 Å². The van der Waals surface area contributed by atoms with Crippen LogP contribution in [0.1, 0.15) is 69.8 Å². The number of hydrogen-bond acceptors (Lipinski definition) is 8. The summed E-state index contributed by atoms with van der Waals surface area (Å²) < 4.78 is 38.1. The van der Waals surface area contributed by atoms with E-state index in [9.17, 15) is 27.6 Å². The van der Waals surface area contributed by atoms with Crippen LogP contribution in [0.5, 0.6) is 0 Å². The first-order valence-corrected chi connectivity index (χ1v) is 14.0. The summed E-state index contributed by atoms with van der Waals surface area (Å²) in [7, 11) is -4.64. The summed E-state index contributed by atoms with van der Waals surface area (Å²) in [5.41, 5.74) is -0.770. The maximum Gasteiger partial charge on any atom is 0.343 e. The van der Waals surface area contributed by atoms with E-state index in [-0.39, 0.29) is 4.90 Å². The molecule has 3 aliphatic carbocycles. The number of Topliss-reactive ketones (excluding diaryl/α,β-unsaturated/α-hetero) is 1. The van der Waals surface area contributed by atoms with Crippen molar-refractivity contribution in [2.45, 2.75) is 88.2 Å². The molecule has 1 aromatic carbocycles. The van der Waals surface area contributed by atoms with Gasteiger partial charge in [-0.15, -0.1) is 0 Å². The van der Waals surface area contributed by atoms with Crippen LogP contribution in [0.4, 0.5) is 0 Å². The van der Waals surface area contributed by atoms with E-state index in [1.807, 2.05) is 0 Å². The minimum Gasteiger partial charge on any atom is -0.459 e. The number of ether oxygens (including phenoxy) is 2. The van der Waals surface area contributed by atoms with Gasteiger partial charge in [-0.1, -0.05) is 30.5 Å². The Hall–Kier alpha value is -3.07. The van der Waals surface area contributed by atoms with Crippen LogP contribution < -0.4 is 0 Å². The molecule has 4 rings (SSSR count). The zero-order valence-corrected chi connectivity index (χ0v) is 21.1. The van der Waals surface area contributed by atoms with Crippen molar-refractivity contribution in [2.24, 2.45) is 0 Å². The average molecular weight is 515 g/mol. The van der Waals surface area contributed by atoms with E-state index in [1.165, 1.54) is 24.3 Å². The van der Waals surface area contributed by atoms with E-state index < -0.39 is 61.6 Å². The summed E-state index contributed by atoms with van der Waals surface area (Å²) in [5.74, 6) is -4.51. The Labute approximate surface area is 210 Å². The van der Waals surface area contributed by atoms with E-state index in [0.29, 0.717) is 31.8 Å². The zero-order valence-electron chi connectivity index (χ0n) is 20.3. The van der Waals surface area contributed by atoms with Crippen LogP contribution in [-0.2, 0) is 38.5 Å². The van der Waals surface area contributed by atoms with E-state index in [2.05, 4.69) is 0 Å². The fourth-order valence-electron chi connectivity index (χ4n) is 4.84. The van der Waals surface area contributed by atoms with E-state index >= 15 is 0 Å². The summed E-state index contributed by atoms with van der Waals surface area (Å²) in [6.07, 6.45) is 7.71. The third-order valence-electron chi connectivity index (χ3n) is 6.88. The van der Waals surface area contributed by atoms with Crippen LogP contribution in [-0.4, -0.2) is 44.1 Å². The molecular weight excluding hydrogens is 484 g/mol. The van der Waals surface area contributed by atoms with Crippen LogP contribution in [0.15, 0.2) is 51.3 Å². The summed E-state index contributed by atoms with van der Waals surface area (Å²) in [6.45, 7) is 1.76. The SMILES string of the molecule is Cc1ccc(S(=O)(=O)C2=C(C(=O)OC3CCCCC3)C(=O)C=C(C(=O)OC3CCCCC3)C2=O)cc1. The van der Waals surface area contributed by atoms with E-state index in [1.54, 1.807) is 6.92 Å². The highest BCUT2D eigenvalue weighted by atomic mass is 32.2. The predicted molar refractivity (Wildman–Crippen MR) is 129 cm³/mol. The number of hydrogen-bond donors (Lipinski definition) is 0. The molecule has 36 heavy (non-hydrogen) atoms. The van der Waals surface area contributed by atoms with Gasteiger partial charge in [0.15, 0.2) is 5.78 Å². The van der Waals surface area contributed by atoms with E-state index in [0.717, 1.165) is 44.1 Å². The van der Waals surface area contributed by atoms with Crippen molar-refractivity contribution in [1.82, 2.24) is 0 Å². The van der Waals surface area contributed by atoms with Gasteiger partial charge in [0.1, 0.15) is 28.3 Å². The van der Waals surface area contributed by atoms with Gasteiger partial charge in [0.25, 0.3) is 0 Å². The first kappa shape index (κ1) is 26.0. The van der Waals surface area contributed by atoms with Crippen molar-refractivity contribution in [3.63, 3.8) is 0 Å². The molecule has 0 atom stereocenters. The quantitative estimate of drug-likeness (QED) is 0.319. The molecular formula is C27H30O8S. The lowest BCUT2D eigenvalue weighted by Crippen LogP contribution is -2.34. The number of rotatable bonds is 6. The van der Waals surface area contributed by atoms with Gasteiger partial charge >= 0.3 is 11.9 Å². The maximum atomic E-state index is 13.6. The normalized spacial score (nSPS) is 20.2. The first-order chi connectivity index (χ1) is 17.2. The van der Waals surface area contributed by atoms with Gasteiger partial charge in [0.05, 0.1) is 4.90 Å². The monoisotopic (exact) mass is 514 g/mol. The van der Waals surface area contributed by atoms with Gasteiger partial charge in [0.2, 0.25) is 15.6 Å². The number of allylic oxidation sites excluding steroid dienone is 2. The molecule has 3 aliphatic rings. The number of esters is 2. The first-order valence-electron chi connectivity index (χ1n) is 12.5. The summed E-state index contributed by atoms with van der Waals surface area (Å²) in [4.78, 5) is 51.3. The van der Waals surface area contributed by atoms with Crippen molar-refractivity contribution in [2.75, 3.05) is 0 Å². The third kappa shape index (κ3) is 5.51. The smallest absolute Gasteiger partial charge is 0.343 e. The largest absolute Gasteiger partial charge is 0.459 e. The molecule has 0 bridgehead atoms. The van der Waals surface area contributed by atoms with Crippen LogP contribution in [0, 0.1) is 6.92 Å². The number of aryl methyl sites for hydroxylation is 1. The average Bonchev–Trinajstić information content (AvgIpc) is 2.86. The lowest BCUT2D eigenvalue weighted by atomic mass is 9.95. The Bertz CT molecular complexity index is 1220. The zero-order chi connectivity index (χ0) is 25.9. The Kier molecular flexibility index (Phi) is 7.88. The summed E-state index contributed by atoms with van der Waals surface area (Å²) in [6, 6.07) is 5.66. The Morgan fingerprint density at radius 3 is 1.81 bits per heavy atom. The second-order valence-corrected chi connectivity index (χ2v) is 11.5. The molecule has 0 unspecified atom stereocenters. The standard InChI is InChI=1S/C27H30O8S/c1-17-12-14-20(15-13-17)36(32,33)25-23(27(31)35-19-10-6-3-7-11-19)22(28)16-21(24(25)29)26(30)34-18-8-4-2-5-9-18/h12-16,18-19H,2-11H2,1H3. The minimum absolute atomic E-state index is 0.269. The lowest BCUT2D eigenvalue weighted by molar-refractivity contribution is -0.149. The molecule has 0 aromatic heterocycles. The molecule has 192 valence electrons. The Morgan fingerprint density at radius 2 is 1.28 bits per heavy atom. The highest BCUT2D eigenvalue weighted by Gasteiger charge is 2.44. The summed E-state index contributed by atoms with van der Waals surface area (Å²) in [5, 5.41) is 0. The lowest BCUT2D eigenvalue weighted by Gasteiger charge is -2.25. The molecule has 0 aliphatic heterocycles. The molecule has 1 aromatic rings. The van der Waals surface area contributed by atoms with Crippen molar-refractivity contribution in [1.29, 1.82) is 0 Å². The van der Waals surface area contributed by atoms with Gasteiger partial charge < -0.3 is 9.47 Å². The molecule has 0 spiro atoms. The maximum absolute atomic E-state index is 13.6. The van der Waals surface area contributed by atoms with Gasteiger partial charge in [0, 0.05) is 6.08 Å². The number of carbonyl (C=O) groups excluding carboxylic acids is 4. The molecule has 0 saturated heterocycles. The number of sulfone groups is 1. The molecule has 0 heterocycles. The molecule has 2 saturated carbocycles. The number of benzene rings is 1. The van der Waals surface area contributed by atoms with Gasteiger partial charge in [-0.05, 0) is 70.4 Å². The Balaban J connectivity index is 1.72. The predicted octanol–water partition coefficient (Wildman–Crippen LogP) is 3.85. The van der Waals surface area contributed by atoms with Crippen LogP contribution >= 0.6 is 0 Å². The van der Waals surface area contributed by atoms with E-state index in [4.69, 9.17) is 9.47 Å². The molecule has 2 fully saturated rings. The number of ketones is 2. The third-order valence-corrected chi connectivity index (χ3v) is 8.70. The second kappa shape index (κ2) is 10.9. The van der Waals surface area contributed by atoms with Crippen molar-refractivity contribution in [3.05, 3.63) is 52.0 Å². The van der Waals surface area contributed by atoms with Crippen molar-refractivity contribution >= 4 is 33.3 Å². The van der Waals surface area contributed by atoms with Gasteiger partial charge in [-0.3, -0.25) is 9.59 Å². The summed E-state index contributed by atoms with van der Waals surface area (Å²) >= 11 is 0. The van der Waals surface area contributed by atoms with Crippen molar-refractivity contribution < 1.29 is 37.1 Å². The van der Waals surface area contributed by atoms with Crippen LogP contribution in [0.2, 0.25) is 0 Å². The highest BCUT2D eigenvalue weighted by Crippen LogP contribution is 2.32. The molecule has 8 nitrogen and oxygen atoms in total. The minimum atomic E-state index is -4.64. The molecule has 0 radical (unpaired) electrons. The molecule has 9 heteroatoms. The topological polar surface area (TPSA) is 121 Å². The van der Waals surface area contributed by atoms with Gasteiger partial charge in [-0.2, -0.15) is 0 Å². The molecule has 0 amide bonds. The fourth-order valence-corrected chi connectivity index (χ4v) is 6.38. The van der Waals surface area contributed by atoms with Crippen LogP contribution in [0.3, 0.4) is 0 Å². The van der Waals surface area contributed by atoms with Crippen molar-refractivity contribution in [3.8, 4) is 0 Å². The Morgan fingerprint density at radius 1 is 0.778 bits per heavy atom. The number of carbonyl (C=O) groups is 4.